The van der Waals surface area contributed by atoms with Crippen molar-refractivity contribution in [2.24, 2.45) is 0 Å². The van der Waals surface area contributed by atoms with E-state index >= 15 is 0 Å². The van der Waals surface area contributed by atoms with E-state index in [0.717, 1.165) is 10.5 Å². The Morgan fingerprint density at radius 2 is 1.75 bits per heavy atom. The predicted octanol–water partition coefficient (Wildman–Crippen LogP) is 5.43. The maximum absolute atomic E-state index is 13.3. The normalized spacial score (nSPS) is 11.9. The van der Waals surface area contributed by atoms with Crippen molar-refractivity contribution in [1.29, 1.82) is 0 Å². The van der Waals surface area contributed by atoms with Gasteiger partial charge in [0.2, 0.25) is 15.7 Å². The van der Waals surface area contributed by atoms with Crippen LogP contribution in [0.25, 0.3) is 0 Å². The van der Waals surface area contributed by atoms with Crippen molar-refractivity contribution in [3.8, 4) is 11.6 Å². The van der Waals surface area contributed by atoms with Crippen LogP contribution in [-0.2, 0) is 16.3 Å². The van der Waals surface area contributed by atoms with Gasteiger partial charge in [0.1, 0.15) is 5.75 Å². The van der Waals surface area contributed by atoms with Gasteiger partial charge in [-0.25, -0.2) is 18.2 Å². The quantitative estimate of drug-likeness (QED) is 0.224. The molecule has 1 amide bonds. The molecule has 0 unspecified atom stereocenters. The fourth-order valence-corrected chi connectivity index (χ4v) is 5.42. The first kappa shape index (κ1) is 28.8. The number of hydrogen-bond donors (Lipinski definition) is 2. The van der Waals surface area contributed by atoms with Crippen LogP contribution in [0, 0.1) is 0 Å². The Morgan fingerprint density at radius 3 is 2.45 bits per heavy atom. The molecule has 1 heterocycles. The van der Waals surface area contributed by atoms with E-state index in [1.54, 1.807) is 48.5 Å². The predicted molar refractivity (Wildman–Crippen MR) is 148 cm³/mol. The summed E-state index contributed by atoms with van der Waals surface area (Å²) in [6.07, 6.45) is 0.128. The fourth-order valence-electron chi connectivity index (χ4n) is 3.92. The number of pyridine rings is 1. The number of hydrogen-bond acceptors (Lipinski definition) is 7. The summed E-state index contributed by atoms with van der Waals surface area (Å²) >= 11 is 5.96. The number of aliphatic hydroxyl groups excluding tert-OH is 1. The lowest BCUT2D eigenvalue weighted by atomic mass is 10.1. The summed E-state index contributed by atoms with van der Waals surface area (Å²) in [4.78, 5) is 28.1. The van der Waals surface area contributed by atoms with E-state index in [1.165, 1.54) is 42.6 Å². The van der Waals surface area contributed by atoms with Gasteiger partial charge in [-0.1, -0.05) is 41.9 Å². The number of nitrogens with zero attached hydrogens (tertiary/aromatic N) is 2. The monoisotopic (exact) mass is 580 g/mol. The highest BCUT2D eigenvalue weighted by Crippen LogP contribution is 2.28. The summed E-state index contributed by atoms with van der Waals surface area (Å²) in [5, 5.41) is 20.5. The van der Waals surface area contributed by atoms with E-state index < -0.39 is 22.0 Å². The fraction of sp³-hybridized carbons (Fsp3) is 0.138. The van der Waals surface area contributed by atoms with Crippen LogP contribution in [0.5, 0.6) is 11.6 Å². The number of carboxylic acid groups (broad SMARTS) is 1. The van der Waals surface area contributed by atoms with Gasteiger partial charge < -0.3 is 19.8 Å². The van der Waals surface area contributed by atoms with Crippen molar-refractivity contribution in [1.82, 2.24) is 9.88 Å². The summed E-state index contributed by atoms with van der Waals surface area (Å²) in [7, 11) is -3.90. The first-order chi connectivity index (χ1) is 19.2. The van der Waals surface area contributed by atoms with Crippen molar-refractivity contribution < 1.29 is 33.0 Å². The molecule has 2 N–H and O–H groups in total. The number of aldehydes is 1. The van der Waals surface area contributed by atoms with Crippen LogP contribution in [0.2, 0.25) is 5.02 Å². The lowest BCUT2D eigenvalue weighted by molar-refractivity contribution is 0.0973. The van der Waals surface area contributed by atoms with E-state index in [1.807, 2.05) is 0 Å². The summed E-state index contributed by atoms with van der Waals surface area (Å²) < 4.78 is 32.2. The van der Waals surface area contributed by atoms with Crippen molar-refractivity contribution in [3.63, 3.8) is 0 Å². The molecule has 0 fully saturated rings. The average Bonchev–Trinajstić information content (AvgIpc) is 2.95. The van der Waals surface area contributed by atoms with Crippen molar-refractivity contribution in [2.75, 3.05) is 13.1 Å². The van der Waals surface area contributed by atoms with Gasteiger partial charge in [0.25, 0.3) is 0 Å². The lowest BCUT2D eigenvalue weighted by Gasteiger charge is -2.23. The second-order valence-corrected chi connectivity index (χ2v) is 11.2. The zero-order chi connectivity index (χ0) is 28.7. The maximum atomic E-state index is 13.3. The first-order valence-corrected chi connectivity index (χ1v) is 14.0. The summed E-state index contributed by atoms with van der Waals surface area (Å²) in [5.74, 6) is 0.264. The molecule has 9 nitrogen and oxygen atoms in total. The second kappa shape index (κ2) is 12.7. The third-order valence-corrected chi connectivity index (χ3v) is 8.06. The molecule has 1 atom stereocenters. The molecule has 4 rings (SSSR count). The molecule has 0 radical (unpaired) electrons. The molecule has 0 saturated heterocycles. The molecule has 0 aliphatic heterocycles. The Labute approximate surface area is 236 Å². The van der Waals surface area contributed by atoms with Gasteiger partial charge in [0.05, 0.1) is 28.0 Å². The zero-order valence-corrected chi connectivity index (χ0v) is 22.6. The molecule has 0 saturated carbocycles. The van der Waals surface area contributed by atoms with Gasteiger partial charge in [-0.2, -0.15) is 0 Å². The smallest absolute Gasteiger partial charge is 0.407 e. The van der Waals surface area contributed by atoms with Crippen LogP contribution >= 0.6 is 11.6 Å². The SMILES string of the molecule is O=Cc1cccnc1Oc1cccc(S(=O)(=O)c2ccc(CCN(C[C@H](O)c3cccc(Cl)c3)C(=O)O)cc2)c1. The third kappa shape index (κ3) is 7.03. The first-order valence-electron chi connectivity index (χ1n) is 12.1. The Bertz CT molecular complexity index is 1610. The minimum Gasteiger partial charge on any atom is -0.465 e. The van der Waals surface area contributed by atoms with Crippen LogP contribution in [0.3, 0.4) is 0 Å². The summed E-state index contributed by atoms with van der Waals surface area (Å²) in [6.45, 7) is -0.0534. The lowest BCUT2D eigenvalue weighted by Crippen LogP contribution is -2.35. The molecule has 0 aliphatic carbocycles. The third-order valence-electron chi connectivity index (χ3n) is 6.06. The molecule has 3 aromatic carbocycles. The highest BCUT2D eigenvalue weighted by Gasteiger charge is 2.20. The largest absolute Gasteiger partial charge is 0.465 e. The molecular formula is C29H25ClN2O7S. The Balaban J connectivity index is 1.43. The zero-order valence-electron chi connectivity index (χ0n) is 21.1. The standard InChI is InChI=1S/C29H25ClN2O7S/c30-23-6-1-4-21(16-23)27(34)18-32(29(35)36)15-13-20-9-11-25(12-10-20)40(37,38)26-8-2-7-24(17-26)39-28-22(19-33)5-3-14-31-28/h1-12,14,16-17,19,27,34H,13,15,18H2,(H,35,36)/t27-/m0/s1. The van der Waals surface area contributed by atoms with Crippen molar-refractivity contribution >= 4 is 33.8 Å². The van der Waals surface area contributed by atoms with Gasteiger partial charge in [-0.15, -0.1) is 0 Å². The number of sulfone groups is 1. The number of benzene rings is 3. The number of aromatic nitrogens is 1. The topological polar surface area (TPSA) is 134 Å². The molecule has 0 aliphatic rings. The molecule has 1 aromatic heterocycles. The number of halogens is 1. The van der Waals surface area contributed by atoms with E-state index in [2.05, 4.69) is 4.98 Å². The number of carbonyl (C=O) groups is 2. The van der Waals surface area contributed by atoms with Crippen LogP contribution in [0.4, 0.5) is 4.79 Å². The number of amides is 1. The van der Waals surface area contributed by atoms with E-state index in [4.69, 9.17) is 16.3 Å². The molecule has 40 heavy (non-hydrogen) atoms. The minimum atomic E-state index is -3.90. The van der Waals surface area contributed by atoms with Crippen LogP contribution < -0.4 is 4.74 Å². The Hall–Kier alpha value is -4.25. The molecule has 0 bridgehead atoms. The van der Waals surface area contributed by atoms with Gasteiger partial charge in [-0.3, -0.25) is 4.79 Å². The molecule has 206 valence electrons. The van der Waals surface area contributed by atoms with Gasteiger partial charge in [0.15, 0.2) is 6.29 Å². The number of rotatable bonds is 11. The van der Waals surface area contributed by atoms with E-state index in [-0.39, 0.29) is 40.1 Å². The maximum Gasteiger partial charge on any atom is 0.407 e. The van der Waals surface area contributed by atoms with Crippen LogP contribution in [-0.4, -0.2) is 54.0 Å². The number of carbonyl (C=O) groups excluding carboxylic acids is 1. The van der Waals surface area contributed by atoms with Crippen molar-refractivity contribution in [2.45, 2.75) is 22.3 Å². The molecule has 0 spiro atoms. The summed E-state index contributed by atoms with van der Waals surface area (Å²) in [6, 6.07) is 21.7. The van der Waals surface area contributed by atoms with E-state index in [9.17, 15) is 28.2 Å². The molecular weight excluding hydrogens is 556 g/mol. The van der Waals surface area contributed by atoms with Crippen LogP contribution in [0.15, 0.2) is 101 Å². The van der Waals surface area contributed by atoms with Gasteiger partial charge in [-0.05, 0) is 72.1 Å². The second-order valence-electron chi connectivity index (χ2n) is 8.79. The molecule has 11 heteroatoms. The van der Waals surface area contributed by atoms with Gasteiger partial charge >= 0.3 is 6.09 Å². The highest BCUT2D eigenvalue weighted by molar-refractivity contribution is 7.91. The molecule has 4 aromatic rings. The van der Waals surface area contributed by atoms with Gasteiger partial charge in [0, 0.05) is 17.8 Å². The van der Waals surface area contributed by atoms with Crippen LogP contribution in [0.1, 0.15) is 27.6 Å². The Kier molecular flexibility index (Phi) is 9.15. The summed E-state index contributed by atoms with van der Waals surface area (Å²) in [5.41, 5.74) is 1.45. The van der Waals surface area contributed by atoms with Crippen molar-refractivity contribution in [3.05, 3.63) is 113 Å². The number of aliphatic hydroxyl groups is 1. The number of ether oxygens (including phenoxy) is 1. The Morgan fingerprint density at radius 1 is 1.00 bits per heavy atom. The minimum absolute atomic E-state index is 0.00612. The van der Waals surface area contributed by atoms with E-state index in [0.29, 0.717) is 23.3 Å². The average molecular weight is 581 g/mol. The highest BCUT2D eigenvalue weighted by atomic mass is 35.5.